The Morgan fingerprint density at radius 1 is 1.09 bits per heavy atom. The van der Waals surface area contributed by atoms with Gasteiger partial charge >= 0.3 is 0 Å². The van der Waals surface area contributed by atoms with Crippen molar-refractivity contribution in [3.63, 3.8) is 0 Å². The molecule has 0 unspecified atom stereocenters. The van der Waals surface area contributed by atoms with Crippen molar-refractivity contribution in [2.24, 2.45) is 0 Å². The predicted octanol–water partition coefficient (Wildman–Crippen LogP) is 3.79. The highest BCUT2D eigenvalue weighted by molar-refractivity contribution is 5.97. The van der Waals surface area contributed by atoms with E-state index in [4.69, 9.17) is 0 Å². The smallest absolute Gasteiger partial charge is 0.226 e. The maximum Gasteiger partial charge on any atom is 0.226 e. The van der Waals surface area contributed by atoms with Gasteiger partial charge in [-0.05, 0) is 43.2 Å². The van der Waals surface area contributed by atoms with Crippen LogP contribution < -0.4 is 0 Å². The van der Waals surface area contributed by atoms with Crippen LogP contribution >= 0.6 is 0 Å². The van der Waals surface area contributed by atoms with Crippen LogP contribution in [0.2, 0.25) is 0 Å². The average Bonchev–Trinajstić information content (AvgIpc) is 2.55. The minimum atomic E-state index is 0.216. The van der Waals surface area contributed by atoms with Crippen LogP contribution in [0.1, 0.15) is 67.4 Å². The molecule has 0 N–H and O–H groups in total. The lowest BCUT2D eigenvalue weighted by molar-refractivity contribution is -0.131. The molecule has 1 aromatic carbocycles. The number of benzene rings is 1. The summed E-state index contributed by atoms with van der Waals surface area (Å²) in [4.78, 5) is 26.5. The molecule has 1 amide bonds. The van der Waals surface area contributed by atoms with E-state index in [1.165, 1.54) is 6.42 Å². The van der Waals surface area contributed by atoms with Gasteiger partial charge < -0.3 is 4.90 Å². The van der Waals surface area contributed by atoms with Gasteiger partial charge in [-0.3, -0.25) is 9.59 Å². The molecule has 1 aliphatic heterocycles. The van der Waals surface area contributed by atoms with Crippen LogP contribution in [0.25, 0.3) is 0 Å². The summed E-state index contributed by atoms with van der Waals surface area (Å²) in [5.41, 5.74) is 2.93. The summed E-state index contributed by atoms with van der Waals surface area (Å²) in [7, 11) is 0. The number of rotatable bonds is 6. The number of ketones is 1. The molecule has 0 atom stereocenters. The molecule has 22 heavy (non-hydrogen) atoms. The second-order valence-corrected chi connectivity index (χ2v) is 6.14. The largest absolute Gasteiger partial charge is 0.342 e. The summed E-state index contributed by atoms with van der Waals surface area (Å²) in [6.45, 7) is 5.88. The van der Waals surface area contributed by atoms with E-state index in [0.29, 0.717) is 12.8 Å². The van der Waals surface area contributed by atoms with Crippen molar-refractivity contribution < 1.29 is 9.59 Å². The molecular weight excluding hydrogens is 274 g/mol. The van der Waals surface area contributed by atoms with Crippen molar-refractivity contribution >= 4 is 11.7 Å². The van der Waals surface area contributed by atoms with Gasteiger partial charge in [0.25, 0.3) is 0 Å². The fourth-order valence-corrected chi connectivity index (χ4v) is 3.11. The Morgan fingerprint density at radius 2 is 1.82 bits per heavy atom. The molecule has 0 bridgehead atoms. The Bertz CT molecular complexity index is 530. The third-order valence-electron chi connectivity index (χ3n) is 4.39. The van der Waals surface area contributed by atoms with Gasteiger partial charge in [-0.25, -0.2) is 0 Å². The molecule has 3 nitrogen and oxygen atoms in total. The lowest BCUT2D eigenvalue weighted by Crippen LogP contribution is -2.36. The Hall–Kier alpha value is -1.64. The summed E-state index contributed by atoms with van der Waals surface area (Å²) in [5.74, 6) is 0.433. The number of Topliss-reactive ketones (excluding diaryl/α,β-unsaturated/α-hetero) is 1. The van der Waals surface area contributed by atoms with E-state index < -0.39 is 0 Å². The normalized spacial score (nSPS) is 14.9. The molecule has 1 heterocycles. The van der Waals surface area contributed by atoms with Gasteiger partial charge in [0.15, 0.2) is 5.78 Å². The Kier molecular flexibility index (Phi) is 6.17. The number of aryl methyl sites for hydroxylation is 1. The van der Waals surface area contributed by atoms with Crippen LogP contribution in [0.5, 0.6) is 0 Å². The first-order valence-electron chi connectivity index (χ1n) is 8.58. The van der Waals surface area contributed by atoms with Gasteiger partial charge in [-0.15, -0.1) is 0 Å². The lowest BCUT2D eigenvalue weighted by atomic mass is 9.95. The Morgan fingerprint density at radius 3 is 2.45 bits per heavy atom. The quantitative estimate of drug-likeness (QED) is 0.750. The zero-order valence-electron chi connectivity index (χ0n) is 13.9. The highest BCUT2D eigenvalue weighted by Gasteiger charge is 2.17. The second-order valence-electron chi connectivity index (χ2n) is 6.14. The summed E-state index contributed by atoms with van der Waals surface area (Å²) >= 11 is 0. The minimum Gasteiger partial charge on any atom is -0.342 e. The molecule has 2 rings (SSSR count). The van der Waals surface area contributed by atoms with E-state index in [1.54, 1.807) is 0 Å². The van der Waals surface area contributed by atoms with Gasteiger partial charge in [0.05, 0.1) is 6.42 Å². The Labute approximate surface area is 133 Å². The topological polar surface area (TPSA) is 37.4 Å². The first-order valence-corrected chi connectivity index (χ1v) is 8.58. The van der Waals surface area contributed by atoms with Gasteiger partial charge in [0.1, 0.15) is 0 Å². The standard InChI is InChI=1S/C19H27NO2/c1-3-8-18(21)17-10-9-15(13-16(17)4-2)14-19(22)20-11-6-5-7-12-20/h9-10,13H,3-8,11-12,14H2,1-2H3. The maximum absolute atomic E-state index is 12.3. The summed E-state index contributed by atoms with van der Waals surface area (Å²) in [5, 5.41) is 0. The van der Waals surface area contributed by atoms with Crippen molar-refractivity contribution in [2.75, 3.05) is 13.1 Å². The molecule has 3 heteroatoms. The highest BCUT2D eigenvalue weighted by atomic mass is 16.2. The average molecular weight is 301 g/mol. The van der Waals surface area contributed by atoms with E-state index in [2.05, 4.69) is 6.92 Å². The molecule has 0 aliphatic carbocycles. The summed E-state index contributed by atoms with van der Waals surface area (Å²) < 4.78 is 0. The minimum absolute atomic E-state index is 0.216. The van der Waals surface area contributed by atoms with Gasteiger partial charge in [-0.2, -0.15) is 0 Å². The van der Waals surface area contributed by atoms with Crippen molar-refractivity contribution in [2.45, 2.75) is 58.8 Å². The number of hydrogen-bond donors (Lipinski definition) is 0. The van der Waals surface area contributed by atoms with Crippen molar-refractivity contribution in [3.8, 4) is 0 Å². The summed E-state index contributed by atoms with van der Waals surface area (Å²) in [6.07, 6.45) is 6.23. The number of likely N-dealkylation sites (tertiary alicyclic amines) is 1. The van der Waals surface area contributed by atoms with Crippen molar-refractivity contribution in [1.29, 1.82) is 0 Å². The molecular formula is C19H27NO2. The van der Waals surface area contributed by atoms with E-state index in [-0.39, 0.29) is 11.7 Å². The molecule has 1 aliphatic rings. The molecule has 120 valence electrons. The van der Waals surface area contributed by atoms with Gasteiger partial charge in [0, 0.05) is 25.1 Å². The molecule has 0 radical (unpaired) electrons. The molecule has 1 aromatic rings. The lowest BCUT2D eigenvalue weighted by Gasteiger charge is -2.26. The molecule has 1 saturated heterocycles. The fourth-order valence-electron chi connectivity index (χ4n) is 3.11. The first kappa shape index (κ1) is 16.7. The van der Waals surface area contributed by atoms with Gasteiger partial charge in [-0.1, -0.05) is 32.0 Å². The highest BCUT2D eigenvalue weighted by Crippen LogP contribution is 2.18. The van der Waals surface area contributed by atoms with Crippen LogP contribution in [0.15, 0.2) is 18.2 Å². The third-order valence-corrected chi connectivity index (χ3v) is 4.39. The van der Waals surface area contributed by atoms with Crippen LogP contribution in [0.3, 0.4) is 0 Å². The van der Waals surface area contributed by atoms with Crippen molar-refractivity contribution in [1.82, 2.24) is 4.90 Å². The van der Waals surface area contributed by atoms with E-state index in [1.807, 2.05) is 30.0 Å². The van der Waals surface area contributed by atoms with Gasteiger partial charge in [0.2, 0.25) is 5.91 Å². The van der Waals surface area contributed by atoms with Crippen LogP contribution in [0.4, 0.5) is 0 Å². The maximum atomic E-state index is 12.3. The number of carbonyl (C=O) groups is 2. The Balaban J connectivity index is 2.08. The zero-order valence-corrected chi connectivity index (χ0v) is 13.9. The number of amides is 1. The third kappa shape index (κ3) is 4.19. The second kappa shape index (κ2) is 8.11. The fraction of sp³-hybridized carbons (Fsp3) is 0.579. The van der Waals surface area contributed by atoms with E-state index in [0.717, 1.165) is 55.5 Å². The molecule has 0 spiro atoms. The SMILES string of the molecule is CCCC(=O)c1ccc(CC(=O)N2CCCCC2)cc1CC. The van der Waals surface area contributed by atoms with Crippen molar-refractivity contribution in [3.05, 3.63) is 34.9 Å². The van der Waals surface area contributed by atoms with Crippen LogP contribution in [-0.4, -0.2) is 29.7 Å². The molecule has 0 aromatic heterocycles. The van der Waals surface area contributed by atoms with Crippen LogP contribution in [0, 0.1) is 0 Å². The first-order chi connectivity index (χ1) is 10.7. The number of carbonyl (C=O) groups excluding carboxylic acids is 2. The monoisotopic (exact) mass is 301 g/mol. The van der Waals surface area contributed by atoms with Crippen LogP contribution in [-0.2, 0) is 17.6 Å². The van der Waals surface area contributed by atoms with E-state index in [9.17, 15) is 9.59 Å². The molecule has 1 fully saturated rings. The zero-order chi connectivity index (χ0) is 15.9. The summed E-state index contributed by atoms with van der Waals surface area (Å²) in [6, 6.07) is 5.91. The predicted molar refractivity (Wildman–Crippen MR) is 89.2 cm³/mol. The number of nitrogens with zero attached hydrogens (tertiary/aromatic N) is 1. The molecule has 0 saturated carbocycles. The number of hydrogen-bond acceptors (Lipinski definition) is 2. The number of piperidine rings is 1. The van der Waals surface area contributed by atoms with E-state index >= 15 is 0 Å².